The van der Waals surface area contributed by atoms with Crippen molar-refractivity contribution in [2.24, 2.45) is 5.92 Å². The Morgan fingerprint density at radius 2 is 2.21 bits per heavy atom. The van der Waals surface area contributed by atoms with Gasteiger partial charge in [0.05, 0.1) is 5.56 Å². The molecule has 0 radical (unpaired) electrons. The second-order valence-electron chi connectivity index (χ2n) is 5.29. The average molecular weight is 261 g/mol. The van der Waals surface area contributed by atoms with Crippen LogP contribution in [0.15, 0.2) is 18.2 Å². The Bertz CT molecular complexity index is 455. The fraction of sp³-hybridized carbons (Fsp3) is 0.533. The number of nitrogens with two attached hydrogens (primary N) is 1. The minimum Gasteiger partial charge on any atom is -0.399 e. The summed E-state index contributed by atoms with van der Waals surface area (Å²) in [5, 5.41) is 6.28. The summed E-state index contributed by atoms with van der Waals surface area (Å²) in [7, 11) is 0. The zero-order chi connectivity index (χ0) is 13.8. The standard InChI is InChI=1S/C15H23N3O/c1-3-17-15(19)13-8-7-12(16)9-14(13)18-10(2)11-5-4-6-11/h7-11,18H,3-6,16H2,1-2H3,(H,17,19). The Morgan fingerprint density at radius 1 is 1.47 bits per heavy atom. The zero-order valence-electron chi connectivity index (χ0n) is 11.7. The second-order valence-corrected chi connectivity index (χ2v) is 5.29. The van der Waals surface area contributed by atoms with E-state index in [1.807, 2.05) is 13.0 Å². The van der Waals surface area contributed by atoms with E-state index in [9.17, 15) is 4.79 Å². The van der Waals surface area contributed by atoms with Gasteiger partial charge in [-0.3, -0.25) is 4.79 Å². The first-order valence-electron chi connectivity index (χ1n) is 7.06. The van der Waals surface area contributed by atoms with Crippen LogP contribution in [0.5, 0.6) is 0 Å². The van der Waals surface area contributed by atoms with Crippen molar-refractivity contribution in [1.29, 1.82) is 0 Å². The van der Waals surface area contributed by atoms with Gasteiger partial charge in [-0.05, 0) is 50.8 Å². The fourth-order valence-electron chi connectivity index (χ4n) is 2.44. The molecule has 1 aliphatic rings. The highest BCUT2D eigenvalue weighted by molar-refractivity contribution is 6.00. The van der Waals surface area contributed by atoms with Crippen LogP contribution in [-0.2, 0) is 0 Å². The molecule has 1 atom stereocenters. The van der Waals surface area contributed by atoms with Crippen LogP contribution >= 0.6 is 0 Å². The summed E-state index contributed by atoms with van der Waals surface area (Å²) in [4.78, 5) is 12.0. The summed E-state index contributed by atoms with van der Waals surface area (Å²) in [5.41, 5.74) is 8.01. The van der Waals surface area contributed by atoms with E-state index >= 15 is 0 Å². The van der Waals surface area contributed by atoms with Gasteiger partial charge in [-0.1, -0.05) is 6.42 Å². The highest BCUT2D eigenvalue weighted by atomic mass is 16.1. The molecule has 19 heavy (non-hydrogen) atoms. The van der Waals surface area contributed by atoms with Gasteiger partial charge in [0.1, 0.15) is 0 Å². The Kier molecular flexibility index (Phi) is 4.30. The molecule has 0 spiro atoms. The van der Waals surface area contributed by atoms with E-state index in [1.165, 1.54) is 19.3 Å². The number of hydrogen-bond donors (Lipinski definition) is 3. The van der Waals surface area contributed by atoms with Crippen LogP contribution in [0, 0.1) is 5.92 Å². The third-order valence-corrected chi connectivity index (χ3v) is 3.87. The predicted octanol–water partition coefficient (Wildman–Crippen LogP) is 2.62. The highest BCUT2D eigenvalue weighted by Crippen LogP contribution is 2.32. The number of hydrogen-bond acceptors (Lipinski definition) is 3. The lowest BCUT2D eigenvalue weighted by Crippen LogP contribution is -2.32. The van der Waals surface area contributed by atoms with E-state index in [4.69, 9.17) is 5.73 Å². The molecule has 104 valence electrons. The van der Waals surface area contributed by atoms with Gasteiger partial charge in [-0.2, -0.15) is 0 Å². The minimum absolute atomic E-state index is 0.0502. The Labute approximate surface area is 114 Å². The molecular formula is C15H23N3O. The quantitative estimate of drug-likeness (QED) is 0.714. The van der Waals surface area contributed by atoms with Crippen molar-refractivity contribution in [3.63, 3.8) is 0 Å². The number of benzene rings is 1. The lowest BCUT2D eigenvalue weighted by molar-refractivity contribution is 0.0956. The van der Waals surface area contributed by atoms with Gasteiger partial charge < -0.3 is 16.4 Å². The van der Waals surface area contributed by atoms with Gasteiger partial charge in [0.2, 0.25) is 0 Å². The zero-order valence-corrected chi connectivity index (χ0v) is 11.7. The van der Waals surface area contributed by atoms with E-state index in [2.05, 4.69) is 17.6 Å². The molecule has 1 amide bonds. The van der Waals surface area contributed by atoms with Crippen molar-refractivity contribution in [1.82, 2.24) is 5.32 Å². The van der Waals surface area contributed by atoms with Crippen molar-refractivity contribution < 1.29 is 4.79 Å². The first kappa shape index (κ1) is 13.7. The molecule has 4 heteroatoms. The molecule has 0 bridgehead atoms. The summed E-state index contributed by atoms with van der Waals surface area (Å²) in [6.45, 7) is 4.72. The molecular weight excluding hydrogens is 238 g/mol. The Morgan fingerprint density at radius 3 is 2.79 bits per heavy atom. The SMILES string of the molecule is CCNC(=O)c1ccc(N)cc1NC(C)C1CCC1. The van der Waals surface area contributed by atoms with Crippen LogP contribution in [-0.4, -0.2) is 18.5 Å². The molecule has 1 aromatic carbocycles. The molecule has 0 aromatic heterocycles. The van der Waals surface area contributed by atoms with E-state index in [-0.39, 0.29) is 5.91 Å². The van der Waals surface area contributed by atoms with Crippen molar-refractivity contribution in [3.05, 3.63) is 23.8 Å². The lowest BCUT2D eigenvalue weighted by Gasteiger charge is -2.33. The maximum absolute atomic E-state index is 12.0. The predicted molar refractivity (Wildman–Crippen MR) is 79.3 cm³/mol. The summed E-state index contributed by atoms with van der Waals surface area (Å²) >= 11 is 0. The third-order valence-electron chi connectivity index (χ3n) is 3.87. The van der Waals surface area contributed by atoms with Gasteiger partial charge in [0, 0.05) is 24.0 Å². The van der Waals surface area contributed by atoms with Gasteiger partial charge in [-0.15, -0.1) is 0 Å². The number of nitrogen functional groups attached to an aromatic ring is 1. The number of carbonyl (C=O) groups is 1. The topological polar surface area (TPSA) is 67.2 Å². The molecule has 2 rings (SSSR count). The molecule has 1 aliphatic carbocycles. The normalized spacial score (nSPS) is 16.5. The average Bonchev–Trinajstić information content (AvgIpc) is 2.26. The van der Waals surface area contributed by atoms with Crippen LogP contribution in [0.25, 0.3) is 0 Å². The Balaban J connectivity index is 2.16. The second kappa shape index (κ2) is 5.95. The maximum atomic E-state index is 12.0. The molecule has 0 heterocycles. The van der Waals surface area contributed by atoms with Crippen molar-refractivity contribution >= 4 is 17.3 Å². The number of amides is 1. The van der Waals surface area contributed by atoms with Crippen molar-refractivity contribution in [3.8, 4) is 0 Å². The summed E-state index contributed by atoms with van der Waals surface area (Å²) < 4.78 is 0. The largest absolute Gasteiger partial charge is 0.399 e. The Hall–Kier alpha value is -1.71. The molecule has 0 saturated heterocycles. The number of nitrogens with one attached hydrogen (secondary N) is 2. The number of rotatable bonds is 5. The number of carbonyl (C=O) groups excluding carboxylic acids is 1. The molecule has 1 saturated carbocycles. The fourth-order valence-corrected chi connectivity index (χ4v) is 2.44. The van der Waals surface area contributed by atoms with Gasteiger partial charge in [0.25, 0.3) is 5.91 Å². The summed E-state index contributed by atoms with van der Waals surface area (Å²) in [6, 6.07) is 5.78. The number of anilines is 2. The van der Waals surface area contributed by atoms with Crippen LogP contribution < -0.4 is 16.4 Å². The molecule has 0 aliphatic heterocycles. The smallest absolute Gasteiger partial charge is 0.253 e. The van der Waals surface area contributed by atoms with Crippen molar-refractivity contribution in [2.45, 2.75) is 39.2 Å². The molecule has 4 N–H and O–H groups in total. The van der Waals surface area contributed by atoms with E-state index in [0.717, 1.165) is 5.69 Å². The van der Waals surface area contributed by atoms with Gasteiger partial charge in [0.15, 0.2) is 0 Å². The molecule has 4 nitrogen and oxygen atoms in total. The van der Waals surface area contributed by atoms with E-state index in [0.29, 0.717) is 29.8 Å². The van der Waals surface area contributed by atoms with E-state index in [1.54, 1.807) is 12.1 Å². The monoisotopic (exact) mass is 261 g/mol. The summed E-state index contributed by atoms with van der Waals surface area (Å²) in [6.07, 6.45) is 3.86. The van der Waals surface area contributed by atoms with Crippen LogP contribution in [0.1, 0.15) is 43.5 Å². The minimum atomic E-state index is -0.0502. The lowest BCUT2D eigenvalue weighted by atomic mass is 9.80. The van der Waals surface area contributed by atoms with Gasteiger partial charge >= 0.3 is 0 Å². The molecule has 1 aromatic rings. The van der Waals surface area contributed by atoms with Crippen LogP contribution in [0.4, 0.5) is 11.4 Å². The summed E-state index contributed by atoms with van der Waals surface area (Å²) in [5.74, 6) is 0.661. The molecule has 1 fully saturated rings. The van der Waals surface area contributed by atoms with Crippen LogP contribution in [0.2, 0.25) is 0 Å². The van der Waals surface area contributed by atoms with E-state index < -0.39 is 0 Å². The van der Waals surface area contributed by atoms with Crippen LogP contribution in [0.3, 0.4) is 0 Å². The van der Waals surface area contributed by atoms with Crippen molar-refractivity contribution in [2.75, 3.05) is 17.6 Å². The first-order valence-corrected chi connectivity index (χ1v) is 7.06. The first-order chi connectivity index (χ1) is 9.11. The maximum Gasteiger partial charge on any atom is 0.253 e. The third kappa shape index (κ3) is 3.19. The molecule has 1 unspecified atom stereocenters. The van der Waals surface area contributed by atoms with Gasteiger partial charge in [-0.25, -0.2) is 0 Å². The highest BCUT2D eigenvalue weighted by Gasteiger charge is 2.24.